The van der Waals surface area contributed by atoms with Crippen LogP contribution in [-0.2, 0) is 9.59 Å². The number of anilines is 2. The van der Waals surface area contributed by atoms with Crippen molar-refractivity contribution < 1.29 is 19.1 Å². The molecule has 0 aliphatic carbocycles. The predicted octanol–water partition coefficient (Wildman–Crippen LogP) is 1.47. The lowest BCUT2D eigenvalue weighted by Crippen LogP contribution is -2.49. The molecule has 8 nitrogen and oxygen atoms in total. The van der Waals surface area contributed by atoms with E-state index in [0.717, 1.165) is 0 Å². The molecule has 1 saturated heterocycles. The zero-order chi connectivity index (χ0) is 19.9. The average molecular weight is 387 g/mol. The van der Waals surface area contributed by atoms with Crippen molar-refractivity contribution in [1.82, 2.24) is 14.9 Å². The Morgan fingerprint density at radius 2 is 1.75 bits per heavy atom. The summed E-state index contributed by atoms with van der Waals surface area (Å²) < 4.78 is 12.9. The summed E-state index contributed by atoms with van der Waals surface area (Å²) >= 11 is 0. The number of piperazine rings is 1. The molecule has 1 aromatic carbocycles. The second kappa shape index (κ2) is 9.23. The molecule has 0 saturated carbocycles. The van der Waals surface area contributed by atoms with Gasteiger partial charge in [-0.2, -0.15) is 0 Å². The summed E-state index contributed by atoms with van der Waals surface area (Å²) in [6.07, 6.45) is 3.23. The number of aromatic nitrogens is 2. The van der Waals surface area contributed by atoms with Crippen LogP contribution >= 0.6 is 0 Å². The Bertz CT molecular complexity index is 795. The minimum Gasteiger partial charge on any atom is -0.481 e. The van der Waals surface area contributed by atoms with Crippen LogP contribution in [0.25, 0.3) is 0 Å². The summed E-state index contributed by atoms with van der Waals surface area (Å²) in [6.45, 7) is 3.01. The standard InChI is InChI=1S/C19H22FN5O3/c20-15-2-4-16(5-3-15)23-17(26)12-14(18(27)28)13-24-8-10-25(11-9-24)19-21-6-1-7-22-19/h1-7,14H,8-13H2,(H,23,26)(H,27,28)/t14-/m0/s1. The number of amides is 1. The van der Waals surface area contributed by atoms with Crippen molar-refractivity contribution in [2.45, 2.75) is 6.42 Å². The lowest BCUT2D eigenvalue weighted by molar-refractivity contribution is -0.144. The molecule has 1 aliphatic rings. The van der Waals surface area contributed by atoms with Gasteiger partial charge in [-0.15, -0.1) is 0 Å². The summed E-state index contributed by atoms with van der Waals surface area (Å²) in [6, 6.07) is 7.11. The highest BCUT2D eigenvalue weighted by atomic mass is 19.1. The van der Waals surface area contributed by atoms with E-state index in [4.69, 9.17) is 0 Å². The molecule has 1 atom stereocenters. The fourth-order valence-electron chi connectivity index (χ4n) is 3.10. The van der Waals surface area contributed by atoms with Crippen molar-refractivity contribution in [3.8, 4) is 0 Å². The first-order valence-corrected chi connectivity index (χ1v) is 9.04. The first kappa shape index (κ1) is 19.7. The van der Waals surface area contributed by atoms with E-state index in [1.807, 2.05) is 9.80 Å². The van der Waals surface area contributed by atoms with Crippen LogP contribution in [0, 0.1) is 11.7 Å². The molecule has 0 spiro atoms. The number of nitrogens with one attached hydrogen (secondary N) is 1. The molecule has 28 heavy (non-hydrogen) atoms. The average Bonchev–Trinajstić information content (AvgIpc) is 2.70. The van der Waals surface area contributed by atoms with Gasteiger partial charge in [0.15, 0.2) is 0 Å². The van der Waals surface area contributed by atoms with E-state index in [1.54, 1.807) is 18.5 Å². The second-order valence-electron chi connectivity index (χ2n) is 6.63. The van der Waals surface area contributed by atoms with Gasteiger partial charge in [-0.05, 0) is 30.3 Å². The third-order valence-electron chi connectivity index (χ3n) is 4.59. The van der Waals surface area contributed by atoms with Crippen LogP contribution in [-0.4, -0.2) is 64.6 Å². The van der Waals surface area contributed by atoms with Gasteiger partial charge in [0, 0.05) is 57.2 Å². The Kier molecular flexibility index (Phi) is 6.49. The highest BCUT2D eigenvalue weighted by molar-refractivity contribution is 5.93. The molecule has 2 heterocycles. The van der Waals surface area contributed by atoms with Gasteiger partial charge in [0.25, 0.3) is 0 Å². The summed E-state index contributed by atoms with van der Waals surface area (Å²) in [5.41, 5.74) is 0.437. The van der Waals surface area contributed by atoms with Crippen LogP contribution in [0.1, 0.15) is 6.42 Å². The third kappa shape index (κ3) is 5.46. The maximum atomic E-state index is 12.9. The SMILES string of the molecule is O=C(C[C@@H](CN1CCN(c2ncccn2)CC1)C(=O)O)Nc1ccc(F)cc1. The monoisotopic (exact) mass is 387 g/mol. The highest BCUT2D eigenvalue weighted by Gasteiger charge is 2.27. The summed E-state index contributed by atoms with van der Waals surface area (Å²) in [4.78, 5) is 36.3. The molecule has 0 bridgehead atoms. The van der Waals surface area contributed by atoms with Crippen LogP contribution in [0.15, 0.2) is 42.7 Å². The van der Waals surface area contributed by atoms with Gasteiger partial charge in [-0.3, -0.25) is 14.5 Å². The predicted molar refractivity (Wildman–Crippen MR) is 101 cm³/mol. The van der Waals surface area contributed by atoms with Crippen molar-refractivity contribution in [3.05, 3.63) is 48.5 Å². The minimum atomic E-state index is -1.01. The molecule has 0 radical (unpaired) electrons. The molecular weight excluding hydrogens is 365 g/mol. The van der Waals surface area contributed by atoms with E-state index in [0.29, 0.717) is 37.8 Å². The molecule has 3 rings (SSSR count). The number of benzene rings is 1. The quantitative estimate of drug-likeness (QED) is 0.742. The zero-order valence-corrected chi connectivity index (χ0v) is 15.3. The molecule has 1 amide bonds. The van der Waals surface area contributed by atoms with Crippen molar-refractivity contribution >= 4 is 23.5 Å². The van der Waals surface area contributed by atoms with E-state index in [-0.39, 0.29) is 13.0 Å². The highest BCUT2D eigenvalue weighted by Crippen LogP contribution is 2.15. The van der Waals surface area contributed by atoms with Crippen molar-refractivity contribution in [2.24, 2.45) is 5.92 Å². The van der Waals surface area contributed by atoms with Crippen LogP contribution < -0.4 is 10.2 Å². The summed E-state index contributed by atoms with van der Waals surface area (Å²) in [7, 11) is 0. The lowest BCUT2D eigenvalue weighted by Gasteiger charge is -2.35. The van der Waals surface area contributed by atoms with Gasteiger partial charge in [0.1, 0.15) is 5.82 Å². The van der Waals surface area contributed by atoms with Gasteiger partial charge in [0.05, 0.1) is 5.92 Å². The van der Waals surface area contributed by atoms with Crippen molar-refractivity contribution in [1.29, 1.82) is 0 Å². The second-order valence-corrected chi connectivity index (χ2v) is 6.63. The number of hydrogen-bond acceptors (Lipinski definition) is 6. The van der Waals surface area contributed by atoms with Crippen LogP contribution in [0.2, 0.25) is 0 Å². The van der Waals surface area contributed by atoms with Gasteiger partial charge < -0.3 is 15.3 Å². The molecule has 1 aromatic heterocycles. The maximum Gasteiger partial charge on any atom is 0.308 e. The Labute approximate surface area is 162 Å². The van der Waals surface area contributed by atoms with E-state index in [1.165, 1.54) is 24.3 Å². The van der Waals surface area contributed by atoms with Crippen LogP contribution in [0.4, 0.5) is 16.0 Å². The topological polar surface area (TPSA) is 98.7 Å². The number of hydrogen-bond donors (Lipinski definition) is 2. The molecule has 1 fully saturated rings. The molecule has 148 valence electrons. The number of aliphatic carboxylic acids is 1. The van der Waals surface area contributed by atoms with E-state index in [2.05, 4.69) is 15.3 Å². The first-order chi connectivity index (χ1) is 13.5. The normalized spacial score (nSPS) is 15.8. The smallest absolute Gasteiger partial charge is 0.308 e. The summed E-state index contributed by atoms with van der Waals surface area (Å²) in [5.74, 6) is -1.98. The largest absolute Gasteiger partial charge is 0.481 e. The summed E-state index contributed by atoms with van der Waals surface area (Å²) in [5, 5.41) is 12.1. The van der Waals surface area contributed by atoms with E-state index < -0.39 is 23.6 Å². The number of carbonyl (C=O) groups is 2. The zero-order valence-electron chi connectivity index (χ0n) is 15.3. The van der Waals surface area contributed by atoms with Gasteiger partial charge >= 0.3 is 5.97 Å². The Hall–Kier alpha value is -3.07. The minimum absolute atomic E-state index is 0.144. The van der Waals surface area contributed by atoms with Gasteiger partial charge in [-0.1, -0.05) is 0 Å². The Balaban J connectivity index is 1.50. The maximum absolute atomic E-state index is 12.9. The molecule has 1 aliphatic heterocycles. The van der Waals surface area contributed by atoms with E-state index >= 15 is 0 Å². The fourth-order valence-corrected chi connectivity index (χ4v) is 3.10. The van der Waals surface area contributed by atoms with Crippen molar-refractivity contribution in [3.63, 3.8) is 0 Å². The number of nitrogens with zero attached hydrogens (tertiary/aromatic N) is 4. The number of carboxylic acid groups (broad SMARTS) is 1. The number of carboxylic acids is 1. The van der Waals surface area contributed by atoms with Crippen LogP contribution in [0.5, 0.6) is 0 Å². The van der Waals surface area contributed by atoms with Crippen LogP contribution in [0.3, 0.4) is 0 Å². The fraction of sp³-hybridized carbons (Fsp3) is 0.368. The van der Waals surface area contributed by atoms with Gasteiger partial charge in [0.2, 0.25) is 11.9 Å². The number of halogens is 1. The third-order valence-corrected chi connectivity index (χ3v) is 4.59. The molecule has 2 N–H and O–H groups in total. The number of carbonyl (C=O) groups excluding carboxylic acids is 1. The lowest BCUT2D eigenvalue weighted by atomic mass is 10.0. The molecule has 0 unspecified atom stereocenters. The van der Waals surface area contributed by atoms with E-state index in [9.17, 15) is 19.1 Å². The Morgan fingerprint density at radius 3 is 2.36 bits per heavy atom. The first-order valence-electron chi connectivity index (χ1n) is 9.04. The van der Waals surface area contributed by atoms with Gasteiger partial charge in [-0.25, -0.2) is 14.4 Å². The Morgan fingerprint density at radius 1 is 1.11 bits per heavy atom. The molecule has 2 aromatic rings. The van der Waals surface area contributed by atoms with Crippen molar-refractivity contribution in [2.75, 3.05) is 42.9 Å². The molecule has 9 heteroatoms. The number of rotatable bonds is 7. The molecular formula is C19H22FN5O3.